The Morgan fingerprint density at radius 3 is 2.45 bits per heavy atom. The maximum Gasteiger partial charge on any atom is 0.295 e. The van der Waals surface area contributed by atoms with Crippen LogP contribution < -0.4 is 15.1 Å². The molecule has 1 aliphatic heterocycles. The van der Waals surface area contributed by atoms with Gasteiger partial charge in [0.05, 0.1) is 24.1 Å². The highest BCUT2D eigenvalue weighted by molar-refractivity contribution is 6.10. The highest BCUT2D eigenvalue weighted by Gasteiger charge is 2.43. The molecular formula is C26H21NO4. The molecule has 1 amide bonds. The lowest BCUT2D eigenvalue weighted by atomic mass is 9.97. The number of aryl methyl sites for hydroxylation is 2. The Labute approximate surface area is 179 Å². The fourth-order valence-corrected chi connectivity index (χ4v) is 4.26. The lowest BCUT2D eigenvalue weighted by Crippen LogP contribution is -2.29. The highest BCUT2D eigenvalue weighted by Crippen LogP contribution is 2.42. The summed E-state index contributed by atoms with van der Waals surface area (Å²) in [7, 11) is 1.59. The monoisotopic (exact) mass is 411 g/mol. The number of carbonyl (C=O) groups is 1. The molecule has 3 aromatic carbocycles. The minimum absolute atomic E-state index is 0.0932. The molecule has 31 heavy (non-hydrogen) atoms. The number of methoxy groups -OCH3 is 1. The number of benzene rings is 3. The molecular weight excluding hydrogens is 390 g/mol. The molecule has 0 saturated carbocycles. The predicted octanol–water partition coefficient (Wildman–Crippen LogP) is 5.17. The minimum atomic E-state index is -0.611. The average Bonchev–Trinajstić information content (AvgIpc) is 3.07. The van der Waals surface area contributed by atoms with Gasteiger partial charge in [-0.15, -0.1) is 0 Å². The van der Waals surface area contributed by atoms with Crippen molar-refractivity contribution in [3.63, 3.8) is 0 Å². The molecule has 1 aromatic heterocycles. The lowest BCUT2D eigenvalue weighted by Gasteiger charge is -2.25. The van der Waals surface area contributed by atoms with Crippen LogP contribution in [0.4, 0.5) is 5.69 Å². The normalized spacial score (nSPS) is 15.4. The summed E-state index contributed by atoms with van der Waals surface area (Å²) in [5, 5.41) is 0.477. The molecule has 0 saturated heterocycles. The molecule has 0 spiro atoms. The van der Waals surface area contributed by atoms with Crippen molar-refractivity contribution in [1.82, 2.24) is 0 Å². The number of fused-ring (bicyclic) bond motifs is 2. The van der Waals surface area contributed by atoms with E-state index in [9.17, 15) is 9.59 Å². The van der Waals surface area contributed by atoms with Crippen LogP contribution >= 0.6 is 0 Å². The van der Waals surface area contributed by atoms with Crippen molar-refractivity contribution in [3.05, 3.63) is 105 Å². The van der Waals surface area contributed by atoms with Crippen LogP contribution in [0.2, 0.25) is 0 Å². The van der Waals surface area contributed by atoms with Crippen LogP contribution in [-0.4, -0.2) is 13.0 Å². The Balaban J connectivity index is 1.83. The third-order valence-electron chi connectivity index (χ3n) is 5.71. The lowest BCUT2D eigenvalue weighted by molar-refractivity contribution is 0.0971. The Bertz CT molecular complexity index is 1400. The van der Waals surface area contributed by atoms with Gasteiger partial charge in [0.15, 0.2) is 5.43 Å². The highest BCUT2D eigenvalue weighted by atomic mass is 16.5. The van der Waals surface area contributed by atoms with Gasteiger partial charge in [-0.05, 0) is 61.4 Å². The van der Waals surface area contributed by atoms with E-state index in [0.717, 1.165) is 16.7 Å². The third kappa shape index (κ3) is 3.01. The van der Waals surface area contributed by atoms with Crippen LogP contribution in [0, 0.1) is 13.8 Å². The van der Waals surface area contributed by atoms with E-state index in [1.807, 2.05) is 74.5 Å². The number of carbonyl (C=O) groups excluding carboxylic acids is 1. The van der Waals surface area contributed by atoms with Gasteiger partial charge in [0.25, 0.3) is 5.91 Å². The number of rotatable bonds is 3. The van der Waals surface area contributed by atoms with Gasteiger partial charge in [0.2, 0.25) is 5.76 Å². The number of ether oxygens (including phenoxy) is 1. The summed E-state index contributed by atoms with van der Waals surface area (Å²) in [4.78, 5) is 28.8. The van der Waals surface area contributed by atoms with Crippen LogP contribution in [0.5, 0.6) is 5.75 Å². The van der Waals surface area contributed by atoms with E-state index < -0.39 is 6.04 Å². The number of amides is 1. The molecule has 5 nitrogen and oxygen atoms in total. The van der Waals surface area contributed by atoms with Crippen LogP contribution in [0.25, 0.3) is 11.0 Å². The first-order valence-corrected chi connectivity index (χ1v) is 10.1. The van der Waals surface area contributed by atoms with Crippen molar-refractivity contribution in [2.45, 2.75) is 19.9 Å². The van der Waals surface area contributed by atoms with E-state index in [2.05, 4.69) is 0 Å². The van der Waals surface area contributed by atoms with Crippen molar-refractivity contribution >= 4 is 22.6 Å². The molecule has 1 aliphatic rings. The molecule has 5 heteroatoms. The summed E-state index contributed by atoms with van der Waals surface area (Å²) < 4.78 is 11.4. The molecule has 0 N–H and O–H groups in total. The first-order valence-electron chi connectivity index (χ1n) is 10.1. The van der Waals surface area contributed by atoms with Crippen molar-refractivity contribution in [1.29, 1.82) is 0 Å². The van der Waals surface area contributed by atoms with E-state index in [-0.39, 0.29) is 17.1 Å². The maximum absolute atomic E-state index is 13.6. The van der Waals surface area contributed by atoms with E-state index in [4.69, 9.17) is 9.15 Å². The van der Waals surface area contributed by atoms with Crippen molar-refractivity contribution in [2.75, 3.05) is 12.0 Å². The Kier molecular flexibility index (Phi) is 4.40. The first-order chi connectivity index (χ1) is 15.0. The molecule has 4 aromatic rings. The molecule has 154 valence electrons. The molecule has 1 unspecified atom stereocenters. The summed E-state index contributed by atoms with van der Waals surface area (Å²) in [5.41, 5.74) is 4.06. The number of anilines is 1. The fraction of sp³-hybridized carbons (Fsp3) is 0.154. The second-order valence-corrected chi connectivity index (χ2v) is 7.87. The summed E-state index contributed by atoms with van der Waals surface area (Å²) in [6.45, 7) is 3.90. The Morgan fingerprint density at radius 2 is 1.68 bits per heavy atom. The summed E-state index contributed by atoms with van der Waals surface area (Å²) in [5.74, 6) is 0.423. The fourth-order valence-electron chi connectivity index (χ4n) is 4.26. The molecule has 0 aliphatic carbocycles. The molecule has 2 heterocycles. The van der Waals surface area contributed by atoms with Gasteiger partial charge < -0.3 is 9.15 Å². The van der Waals surface area contributed by atoms with Crippen molar-refractivity contribution in [3.8, 4) is 5.75 Å². The summed E-state index contributed by atoms with van der Waals surface area (Å²) in [6, 6.07) is 20.0. The van der Waals surface area contributed by atoms with Crippen LogP contribution in [-0.2, 0) is 0 Å². The largest absolute Gasteiger partial charge is 0.497 e. The molecule has 5 rings (SSSR count). The van der Waals surface area contributed by atoms with Gasteiger partial charge in [-0.2, -0.15) is 0 Å². The van der Waals surface area contributed by atoms with E-state index >= 15 is 0 Å². The van der Waals surface area contributed by atoms with Gasteiger partial charge in [-0.3, -0.25) is 14.5 Å². The maximum atomic E-state index is 13.6. The number of nitrogens with zero attached hydrogens (tertiary/aromatic N) is 1. The van der Waals surface area contributed by atoms with Gasteiger partial charge >= 0.3 is 0 Å². The minimum Gasteiger partial charge on any atom is -0.497 e. The first kappa shape index (κ1) is 19.1. The van der Waals surface area contributed by atoms with Crippen molar-refractivity contribution < 1.29 is 13.9 Å². The van der Waals surface area contributed by atoms with Gasteiger partial charge in [-0.1, -0.05) is 35.9 Å². The smallest absolute Gasteiger partial charge is 0.295 e. The summed E-state index contributed by atoms with van der Waals surface area (Å²) in [6.07, 6.45) is 0. The quantitative estimate of drug-likeness (QED) is 0.467. The van der Waals surface area contributed by atoms with Gasteiger partial charge in [0.1, 0.15) is 11.3 Å². The third-order valence-corrected chi connectivity index (χ3v) is 5.71. The standard InChI is InChI=1S/C26H21NO4/c1-15-6-4-8-18(12-15)27-23(17-7-5-9-19(14-17)30-3)22-24(28)20-13-16(2)10-11-21(20)31-25(22)26(27)29/h4-14,23H,1-3H3. The number of hydrogen-bond acceptors (Lipinski definition) is 4. The van der Waals surface area contributed by atoms with Crippen LogP contribution in [0.15, 0.2) is 75.9 Å². The summed E-state index contributed by atoms with van der Waals surface area (Å²) >= 11 is 0. The van der Waals surface area contributed by atoms with E-state index in [1.165, 1.54) is 0 Å². The second kappa shape index (κ2) is 7.13. The van der Waals surface area contributed by atoms with Crippen LogP contribution in [0.3, 0.4) is 0 Å². The van der Waals surface area contributed by atoms with Crippen molar-refractivity contribution in [2.24, 2.45) is 0 Å². The Morgan fingerprint density at radius 1 is 0.903 bits per heavy atom. The zero-order chi connectivity index (χ0) is 21.7. The Hall–Kier alpha value is -3.86. The van der Waals surface area contributed by atoms with Gasteiger partial charge in [-0.25, -0.2) is 0 Å². The zero-order valence-electron chi connectivity index (χ0n) is 17.5. The topological polar surface area (TPSA) is 59.8 Å². The molecule has 0 bridgehead atoms. The van der Waals surface area contributed by atoms with E-state index in [0.29, 0.717) is 28.0 Å². The second-order valence-electron chi connectivity index (χ2n) is 7.87. The average molecular weight is 411 g/mol. The number of hydrogen-bond donors (Lipinski definition) is 0. The predicted molar refractivity (Wildman–Crippen MR) is 120 cm³/mol. The SMILES string of the molecule is COc1cccc(C2c3c(oc4ccc(C)cc4c3=O)C(=O)N2c2cccc(C)c2)c1. The van der Waals surface area contributed by atoms with Crippen LogP contribution in [0.1, 0.15) is 38.9 Å². The molecule has 0 fully saturated rings. The van der Waals surface area contributed by atoms with Gasteiger partial charge in [0, 0.05) is 5.69 Å². The molecule has 0 radical (unpaired) electrons. The van der Waals surface area contributed by atoms with E-state index in [1.54, 1.807) is 18.1 Å². The zero-order valence-corrected chi connectivity index (χ0v) is 17.5. The molecule has 1 atom stereocenters.